The maximum atomic E-state index is 12.8. The van der Waals surface area contributed by atoms with Crippen LogP contribution in [0.5, 0.6) is 0 Å². The average Bonchev–Trinajstić information content (AvgIpc) is 2.59. The molecule has 0 aliphatic heterocycles. The highest BCUT2D eigenvalue weighted by Gasteiger charge is 2.23. The van der Waals surface area contributed by atoms with Crippen molar-refractivity contribution in [1.82, 2.24) is 5.32 Å². The lowest BCUT2D eigenvalue weighted by Gasteiger charge is -2.22. The maximum absolute atomic E-state index is 12.8. The van der Waals surface area contributed by atoms with E-state index in [2.05, 4.69) is 5.32 Å². The predicted molar refractivity (Wildman–Crippen MR) is 101 cm³/mol. The molecule has 25 heavy (non-hydrogen) atoms. The van der Waals surface area contributed by atoms with Gasteiger partial charge in [-0.05, 0) is 55.3 Å². The van der Waals surface area contributed by atoms with E-state index in [1.54, 1.807) is 25.1 Å². The van der Waals surface area contributed by atoms with Crippen molar-refractivity contribution < 1.29 is 13.2 Å². The Balaban J connectivity index is 2.39. The van der Waals surface area contributed by atoms with Crippen LogP contribution in [0.25, 0.3) is 0 Å². The zero-order chi connectivity index (χ0) is 18.6. The highest BCUT2D eigenvalue weighted by Crippen LogP contribution is 2.27. The van der Waals surface area contributed by atoms with Crippen molar-refractivity contribution in [2.45, 2.75) is 25.2 Å². The summed E-state index contributed by atoms with van der Waals surface area (Å²) in [4.78, 5) is 12.3. The molecule has 0 spiro atoms. The van der Waals surface area contributed by atoms with E-state index >= 15 is 0 Å². The highest BCUT2D eigenvalue weighted by atomic mass is 35.5. The van der Waals surface area contributed by atoms with Gasteiger partial charge in [0.2, 0.25) is 0 Å². The number of anilines is 1. The lowest BCUT2D eigenvalue weighted by molar-refractivity contribution is 0.0953. The van der Waals surface area contributed by atoms with E-state index in [4.69, 9.17) is 11.6 Å². The number of carbonyl (C=O) groups is 1. The largest absolute Gasteiger partial charge is 0.352 e. The molecule has 134 valence electrons. The summed E-state index contributed by atoms with van der Waals surface area (Å²) in [5.74, 6) is -0.222. The molecule has 2 aromatic rings. The summed E-state index contributed by atoms with van der Waals surface area (Å²) in [6.07, 6.45) is 0.829. The van der Waals surface area contributed by atoms with E-state index in [1.165, 1.54) is 35.6 Å². The quantitative estimate of drug-likeness (QED) is 0.832. The van der Waals surface area contributed by atoms with E-state index < -0.39 is 10.0 Å². The minimum absolute atomic E-state index is 0.139. The second-order valence-electron chi connectivity index (χ2n) is 5.68. The first-order valence-corrected chi connectivity index (χ1v) is 9.72. The first-order chi connectivity index (χ1) is 11.8. The Kier molecular flexibility index (Phi) is 6.08. The topological polar surface area (TPSA) is 66.5 Å². The van der Waals surface area contributed by atoms with Crippen molar-refractivity contribution in [1.29, 1.82) is 0 Å². The minimum Gasteiger partial charge on any atom is -0.352 e. The molecule has 0 saturated heterocycles. The Morgan fingerprint density at radius 1 is 1.16 bits per heavy atom. The number of amides is 1. The monoisotopic (exact) mass is 380 g/mol. The second kappa shape index (κ2) is 7.89. The summed E-state index contributed by atoms with van der Waals surface area (Å²) >= 11 is 5.83. The number of nitrogens with zero attached hydrogens (tertiary/aromatic N) is 1. The molecule has 0 fully saturated rings. The standard InChI is InChI=1S/C18H21ClN2O3S/c1-4-11-20-18(22)14-6-5-13(2)17(12-14)21(3)25(23,24)16-9-7-15(19)8-10-16/h5-10,12H,4,11H2,1-3H3,(H,20,22). The first kappa shape index (κ1) is 19.3. The van der Waals surface area contributed by atoms with Crippen LogP contribution in [0.15, 0.2) is 47.4 Å². The van der Waals surface area contributed by atoms with E-state index in [9.17, 15) is 13.2 Å². The highest BCUT2D eigenvalue weighted by molar-refractivity contribution is 7.92. The summed E-state index contributed by atoms with van der Waals surface area (Å²) in [5, 5.41) is 3.25. The molecule has 0 saturated carbocycles. The van der Waals surface area contributed by atoms with Gasteiger partial charge in [-0.15, -0.1) is 0 Å². The molecular formula is C18H21ClN2O3S. The number of benzene rings is 2. The summed E-state index contributed by atoms with van der Waals surface area (Å²) < 4.78 is 26.8. The van der Waals surface area contributed by atoms with Gasteiger partial charge in [-0.25, -0.2) is 8.42 Å². The molecule has 0 bridgehead atoms. The lowest BCUT2D eigenvalue weighted by Crippen LogP contribution is -2.28. The average molecular weight is 381 g/mol. The molecule has 0 unspecified atom stereocenters. The molecule has 0 radical (unpaired) electrons. The molecule has 1 amide bonds. The van der Waals surface area contributed by atoms with Gasteiger partial charge in [-0.1, -0.05) is 24.6 Å². The molecule has 2 rings (SSSR count). The normalized spacial score (nSPS) is 11.2. The third-order valence-electron chi connectivity index (χ3n) is 3.82. The van der Waals surface area contributed by atoms with Crippen molar-refractivity contribution in [3.63, 3.8) is 0 Å². The fourth-order valence-electron chi connectivity index (χ4n) is 2.32. The van der Waals surface area contributed by atoms with Crippen molar-refractivity contribution in [3.05, 3.63) is 58.6 Å². The van der Waals surface area contributed by atoms with E-state index in [0.29, 0.717) is 22.8 Å². The molecule has 0 atom stereocenters. The Morgan fingerprint density at radius 3 is 2.40 bits per heavy atom. The third kappa shape index (κ3) is 4.32. The van der Waals surface area contributed by atoms with Gasteiger partial charge in [0.15, 0.2) is 0 Å². The Morgan fingerprint density at radius 2 is 1.80 bits per heavy atom. The fraction of sp³-hybridized carbons (Fsp3) is 0.278. The summed E-state index contributed by atoms with van der Waals surface area (Å²) in [6.45, 7) is 4.34. The number of rotatable bonds is 6. The van der Waals surface area contributed by atoms with Crippen LogP contribution < -0.4 is 9.62 Å². The molecule has 0 aromatic heterocycles. The van der Waals surface area contributed by atoms with Crippen LogP contribution in [0.4, 0.5) is 5.69 Å². The minimum atomic E-state index is -3.75. The Labute approximate surface area is 153 Å². The van der Waals surface area contributed by atoms with Gasteiger partial charge in [0.1, 0.15) is 0 Å². The number of halogens is 1. The van der Waals surface area contributed by atoms with Crippen LogP contribution in [0.2, 0.25) is 5.02 Å². The van der Waals surface area contributed by atoms with E-state index in [1.807, 2.05) is 6.92 Å². The van der Waals surface area contributed by atoms with Crippen molar-refractivity contribution in [3.8, 4) is 0 Å². The maximum Gasteiger partial charge on any atom is 0.264 e. The molecule has 7 heteroatoms. The Bertz CT molecular complexity index is 864. The number of aryl methyl sites for hydroxylation is 1. The fourth-order valence-corrected chi connectivity index (χ4v) is 3.70. The Hall–Kier alpha value is -2.05. The molecule has 1 N–H and O–H groups in total. The molecule has 0 aliphatic rings. The lowest BCUT2D eigenvalue weighted by atomic mass is 10.1. The molecular weight excluding hydrogens is 360 g/mol. The predicted octanol–water partition coefficient (Wildman–Crippen LogP) is 3.61. The van der Waals surface area contributed by atoms with Crippen molar-refractivity contribution in [2.24, 2.45) is 0 Å². The summed E-state index contributed by atoms with van der Waals surface area (Å²) in [5.41, 5.74) is 1.64. The number of carbonyl (C=O) groups excluding carboxylic acids is 1. The van der Waals surface area contributed by atoms with Crippen LogP contribution in [0.3, 0.4) is 0 Å². The van der Waals surface area contributed by atoms with E-state index in [0.717, 1.165) is 12.0 Å². The van der Waals surface area contributed by atoms with E-state index in [-0.39, 0.29) is 10.8 Å². The van der Waals surface area contributed by atoms with Crippen molar-refractivity contribution in [2.75, 3.05) is 17.9 Å². The smallest absolute Gasteiger partial charge is 0.264 e. The van der Waals surface area contributed by atoms with Crippen LogP contribution in [0, 0.1) is 6.92 Å². The van der Waals surface area contributed by atoms with Gasteiger partial charge in [0, 0.05) is 24.2 Å². The molecule has 2 aromatic carbocycles. The molecule has 0 aliphatic carbocycles. The third-order valence-corrected chi connectivity index (χ3v) is 5.86. The van der Waals surface area contributed by atoms with Crippen LogP contribution in [0.1, 0.15) is 29.3 Å². The SMILES string of the molecule is CCCNC(=O)c1ccc(C)c(N(C)S(=O)(=O)c2ccc(Cl)cc2)c1. The van der Waals surface area contributed by atoms with Crippen molar-refractivity contribution >= 4 is 33.2 Å². The van der Waals surface area contributed by atoms with Gasteiger partial charge in [-0.2, -0.15) is 0 Å². The van der Waals surface area contributed by atoms with Crippen LogP contribution >= 0.6 is 11.6 Å². The molecule has 5 nitrogen and oxygen atoms in total. The number of sulfonamides is 1. The van der Waals surface area contributed by atoms with Crippen LogP contribution in [-0.2, 0) is 10.0 Å². The number of hydrogen-bond acceptors (Lipinski definition) is 3. The number of nitrogens with one attached hydrogen (secondary N) is 1. The second-order valence-corrected chi connectivity index (χ2v) is 8.09. The molecule has 0 heterocycles. The van der Waals surface area contributed by atoms with Gasteiger partial charge in [-0.3, -0.25) is 9.10 Å². The first-order valence-electron chi connectivity index (χ1n) is 7.90. The van der Waals surface area contributed by atoms with Gasteiger partial charge in [0.05, 0.1) is 10.6 Å². The summed E-state index contributed by atoms with van der Waals surface area (Å²) in [6, 6.07) is 11.0. The zero-order valence-corrected chi connectivity index (χ0v) is 16.0. The van der Waals surface area contributed by atoms with Gasteiger partial charge < -0.3 is 5.32 Å². The van der Waals surface area contributed by atoms with Gasteiger partial charge in [0.25, 0.3) is 15.9 Å². The van der Waals surface area contributed by atoms with Gasteiger partial charge >= 0.3 is 0 Å². The number of hydrogen-bond donors (Lipinski definition) is 1. The van der Waals surface area contributed by atoms with Crippen LogP contribution in [-0.4, -0.2) is 27.9 Å². The summed E-state index contributed by atoms with van der Waals surface area (Å²) in [7, 11) is -2.28. The zero-order valence-electron chi connectivity index (χ0n) is 14.4.